The second kappa shape index (κ2) is 8.43. The Hall–Kier alpha value is -1.02. The van der Waals surface area contributed by atoms with Gasteiger partial charge < -0.3 is 10.1 Å². The van der Waals surface area contributed by atoms with Gasteiger partial charge in [0.1, 0.15) is 5.75 Å². The number of ether oxygens (including phenoxy) is 1. The molecule has 2 nitrogen and oxygen atoms in total. The highest BCUT2D eigenvalue weighted by atomic mass is 16.5. The van der Waals surface area contributed by atoms with Gasteiger partial charge in [-0.1, -0.05) is 50.7 Å². The summed E-state index contributed by atoms with van der Waals surface area (Å²) in [5.41, 5.74) is 1.39. The first kappa shape index (κ1) is 16.4. The molecule has 1 N–H and O–H groups in total. The molecule has 1 aliphatic rings. The van der Waals surface area contributed by atoms with Gasteiger partial charge in [-0.3, -0.25) is 0 Å². The molecule has 0 saturated heterocycles. The first-order valence-electron chi connectivity index (χ1n) is 8.63. The number of hydrogen-bond donors (Lipinski definition) is 1. The summed E-state index contributed by atoms with van der Waals surface area (Å²) in [7, 11) is 2.08. The number of rotatable bonds is 6. The Morgan fingerprint density at radius 1 is 1.05 bits per heavy atom. The summed E-state index contributed by atoms with van der Waals surface area (Å²) in [4.78, 5) is 0. The highest BCUT2D eigenvalue weighted by Crippen LogP contribution is 2.31. The van der Waals surface area contributed by atoms with Crippen molar-refractivity contribution in [2.75, 3.05) is 7.05 Å². The Morgan fingerprint density at radius 2 is 1.67 bits per heavy atom. The predicted octanol–water partition coefficient (Wildman–Crippen LogP) is 5.09. The van der Waals surface area contributed by atoms with Crippen molar-refractivity contribution >= 4 is 0 Å². The summed E-state index contributed by atoms with van der Waals surface area (Å²) in [6.45, 7) is 4.13. The molecule has 2 rings (SSSR count). The van der Waals surface area contributed by atoms with Gasteiger partial charge in [0, 0.05) is 6.04 Å². The van der Waals surface area contributed by atoms with Gasteiger partial charge in [0.05, 0.1) is 6.10 Å². The van der Waals surface area contributed by atoms with Crippen molar-refractivity contribution in [3.05, 3.63) is 29.8 Å². The lowest BCUT2D eigenvalue weighted by Gasteiger charge is -2.23. The van der Waals surface area contributed by atoms with Crippen molar-refractivity contribution in [1.82, 2.24) is 5.32 Å². The molecule has 1 aromatic carbocycles. The van der Waals surface area contributed by atoms with Gasteiger partial charge >= 0.3 is 0 Å². The molecule has 21 heavy (non-hydrogen) atoms. The highest BCUT2D eigenvalue weighted by molar-refractivity contribution is 5.29. The van der Waals surface area contributed by atoms with Gasteiger partial charge in [-0.2, -0.15) is 0 Å². The molecule has 0 aromatic heterocycles. The third-order valence-corrected chi connectivity index (χ3v) is 4.55. The van der Waals surface area contributed by atoms with E-state index in [1.807, 2.05) is 0 Å². The van der Waals surface area contributed by atoms with E-state index < -0.39 is 0 Å². The van der Waals surface area contributed by atoms with Crippen LogP contribution in [0.15, 0.2) is 24.3 Å². The van der Waals surface area contributed by atoms with Crippen molar-refractivity contribution in [1.29, 1.82) is 0 Å². The maximum absolute atomic E-state index is 5.73. The molecule has 2 heteroatoms. The largest absolute Gasteiger partial charge is 0.491 e. The Kier molecular flexibility index (Phi) is 6.56. The van der Waals surface area contributed by atoms with E-state index in [1.54, 1.807) is 0 Å². The lowest BCUT2D eigenvalue weighted by Crippen LogP contribution is -2.20. The van der Waals surface area contributed by atoms with Gasteiger partial charge in [-0.25, -0.2) is 0 Å². The fourth-order valence-electron chi connectivity index (χ4n) is 3.40. The number of benzene rings is 1. The first-order valence-corrected chi connectivity index (χ1v) is 8.63. The van der Waals surface area contributed by atoms with Crippen LogP contribution in [0.1, 0.15) is 70.4 Å². The zero-order valence-corrected chi connectivity index (χ0v) is 13.9. The molecule has 1 atom stereocenters. The Labute approximate surface area is 130 Å². The molecule has 0 radical (unpaired) electrons. The molecule has 0 aliphatic heterocycles. The average molecular weight is 289 g/mol. The molecule has 0 heterocycles. The van der Waals surface area contributed by atoms with Gasteiger partial charge in [0.15, 0.2) is 0 Å². The molecule has 1 aliphatic carbocycles. The van der Waals surface area contributed by atoms with Gasteiger partial charge in [-0.05, 0) is 50.9 Å². The fourth-order valence-corrected chi connectivity index (χ4v) is 3.40. The lowest BCUT2D eigenvalue weighted by molar-refractivity contribution is 0.242. The van der Waals surface area contributed by atoms with Crippen molar-refractivity contribution in [2.45, 2.75) is 70.9 Å². The maximum Gasteiger partial charge on any atom is 0.119 e. The third-order valence-electron chi connectivity index (χ3n) is 4.55. The van der Waals surface area contributed by atoms with Crippen LogP contribution >= 0.6 is 0 Å². The van der Waals surface area contributed by atoms with Gasteiger partial charge in [-0.15, -0.1) is 0 Å². The second-order valence-corrected chi connectivity index (χ2v) is 6.67. The minimum Gasteiger partial charge on any atom is -0.491 e. The molecule has 118 valence electrons. The van der Waals surface area contributed by atoms with E-state index in [4.69, 9.17) is 4.74 Å². The molecule has 1 aromatic rings. The van der Waals surface area contributed by atoms with Crippen LogP contribution in [0.5, 0.6) is 5.75 Å². The number of nitrogens with one attached hydrogen (secondary N) is 1. The van der Waals surface area contributed by atoms with E-state index >= 15 is 0 Å². The van der Waals surface area contributed by atoms with Crippen molar-refractivity contribution < 1.29 is 4.74 Å². The molecular weight excluding hydrogens is 258 g/mol. The monoisotopic (exact) mass is 289 g/mol. The van der Waals surface area contributed by atoms with E-state index in [0.717, 1.165) is 11.7 Å². The highest BCUT2D eigenvalue weighted by Gasteiger charge is 2.18. The minimum atomic E-state index is 0.238. The van der Waals surface area contributed by atoms with Crippen LogP contribution in [0.3, 0.4) is 0 Å². The molecule has 0 spiro atoms. The third kappa shape index (κ3) is 5.35. The van der Waals surface area contributed by atoms with Crippen LogP contribution < -0.4 is 10.1 Å². The Bertz CT molecular complexity index is 391. The first-order chi connectivity index (χ1) is 10.2. The number of hydrogen-bond acceptors (Lipinski definition) is 2. The quantitative estimate of drug-likeness (QED) is 0.736. The van der Waals surface area contributed by atoms with Crippen LogP contribution in [0.25, 0.3) is 0 Å². The molecule has 0 bridgehead atoms. The Balaban J connectivity index is 1.96. The summed E-state index contributed by atoms with van der Waals surface area (Å²) >= 11 is 0. The van der Waals surface area contributed by atoms with E-state index in [9.17, 15) is 0 Å². The molecule has 1 saturated carbocycles. The molecule has 1 unspecified atom stereocenters. The second-order valence-electron chi connectivity index (χ2n) is 6.67. The molecular formula is C19H31NO. The van der Waals surface area contributed by atoms with Crippen molar-refractivity contribution in [2.24, 2.45) is 5.92 Å². The molecule has 0 amide bonds. The predicted molar refractivity (Wildman–Crippen MR) is 89.8 cm³/mol. The van der Waals surface area contributed by atoms with E-state index in [2.05, 4.69) is 50.5 Å². The van der Waals surface area contributed by atoms with Crippen molar-refractivity contribution in [3.63, 3.8) is 0 Å². The zero-order chi connectivity index (χ0) is 15.1. The smallest absolute Gasteiger partial charge is 0.119 e. The zero-order valence-electron chi connectivity index (χ0n) is 13.9. The summed E-state index contributed by atoms with van der Waals surface area (Å²) in [5, 5.41) is 3.51. The normalized spacial score (nSPS) is 18.5. The van der Waals surface area contributed by atoms with Crippen LogP contribution in [-0.2, 0) is 0 Å². The summed E-state index contributed by atoms with van der Waals surface area (Å²) in [6.07, 6.45) is 10.0. The van der Waals surface area contributed by atoms with E-state index in [-0.39, 0.29) is 6.10 Å². The standard InChI is InChI=1S/C19H31NO/c1-15(2)21-18-12-10-17(11-13-18)19(20-3)14-16-8-6-4-5-7-9-16/h10-13,15-16,19-20H,4-9,14H2,1-3H3. The topological polar surface area (TPSA) is 21.3 Å². The van der Waals surface area contributed by atoms with Crippen LogP contribution in [0, 0.1) is 5.92 Å². The summed E-state index contributed by atoms with van der Waals surface area (Å²) in [6, 6.07) is 9.12. The summed E-state index contributed by atoms with van der Waals surface area (Å²) < 4.78 is 5.73. The average Bonchev–Trinajstić information content (AvgIpc) is 2.74. The lowest BCUT2D eigenvalue weighted by atomic mass is 9.89. The van der Waals surface area contributed by atoms with E-state index in [1.165, 1.54) is 50.5 Å². The molecule has 1 fully saturated rings. The van der Waals surface area contributed by atoms with Crippen LogP contribution in [0.4, 0.5) is 0 Å². The van der Waals surface area contributed by atoms with Crippen LogP contribution in [0.2, 0.25) is 0 Å². The summed E-state index contributed by atoms with van der Waals surface area (Å²) in [5.74, 6) is 1.86. The Morgan fingerprint density at radius 3 is 2.19 bits per heavy atom. The minimum absolute atomic E-state index is 0.238. The maximum atomic E-state index is 5.73. The van der Waals surface area contributed by atoms with Gasteiger partial charge in [0.2, 0.25) is 0 Å². The fraction of sp³-hybridized carbons (Fsp3) is 0.684. The van der Waals surface area contributed by atoms with Crippen molar-refractivity contribution in [3.8, 4) is 5.75 Å². The van der Waals surface area contributed by atoms with Crippen LogP contribution in [-0.4, -0.2) is 13.2 Å². The van der Waals surface area contributed by atoms with E-state index in [0.29, 0.717) is 6.04 Å². The van der Waals surface area contributed by atoms with Gasteiger partial charge in [0.25, 0.3) is 0 Å². The SMILES string of the molecule is CNC(CC1CCCCCC1)c1ccc(OC(C)C)cc1.